The van der Waals surface area contributed by atoms with E-state index in [1.807, 2.05) is 24.3 Å². The molecule has 154 valence electrons. The van der Waals surface area contributed by atoms with Gasteiger partial charge in [-0.2, -0.15) is 0 Å². The van der Waals surface area contributed by atoms with Crippen LogP contribution in [0.25, 0.3) is 0 Å². The quantitative estimate of drug-likeness (QED) is 0.517. The van der Waals surface area contributed by atoms with Crippen LogP contribution in [0.3, 0.4) is 0 Å². The first kappa shape index (κ1) is 21.2. The molecule has 2 N–H and O–H groups in total. The number of allylic oxidation sites excluding steroid dienone is 2. The summed E-state index contributed by atoms with van der Waals surface area (Å²) in [5.41, 5.74) is 4.26. The largest absolute Gasteiger partial charge is 0.508 e. The number of hydrogen-bond acceptors (Lipinski definition) is 2. The van der Waals surface area contributed by atoms with Gasteiger partial charge in [-0.3, -0.25) is 0 Å². The van der Waals surface area contributed by atoms with E-state index >= 15 is 0 Å². The second-order valence-corrected chi connectivity index (χ2v) is 8.84. The Bertz CT molecular complexity index is 809. The normalized spacial score (nSPS) is 16.7. The van der Waals surface area contributed by atoms with Gasteiger partial charge in [0.25, 0.3) is 0 Å². The predicted molar refractivity (Wildman–Crippen MR) is 122 cm³/mol. The van der Waals surface area contributed by atoms with Crippen molar-refractivity contribution in [1.82, 2.24) is 0 Å². The van der Waals surface area contributed by atoms with Crippen LogP contribution >= 0.6 is 0 Å². The Labute approximate surface area is 175 Å². The third-order valence-corrected chi connectivity index (χ3v) is 6.82. The summed E-state index contributed by atoms with van der Waals surface area (Å²) in [6.07, 6.45) is 9.51. The fourth-order valence-corrected chi connectivity index (χ4v) is 4.95. The van der Waals surface area contributed by atoms with E-state index in [0.717, 1.165) is 29.9 Å². The molecule has 1 saturated carbocycles. The van der Waals surface area contributed by atoms with Crippen molar-refractivity contribution in [3.8, 4) is 11.5 Å². The summed E-state index contributed by atoms with van der Waals surface area (Å²) in [7, 11) is 0. The van der Waals surface area contributed by atoms with E-state index in [0.29, 0.717) is 30.3 Å². The highest BCUT2D eigenvalue weighted by Gasteiger charge is 2.39. The molecule has 1 fully saturated rings. The molecule has 2 aromatic carbocycles. The molecule has 0 radical (unpaired) electrons. The Morgan fingerprint density at radius 2 is 1.34 bits per heavy atom. The van der Waals surface area contributed by atoms with Gasteiger partial charge in [0.15, 0.2) is 0 Å². The van der Waals surface area contributed by atoms with Crippen molar-refractivity contribution in [3.05, 3.63) is 84.0 Å². The van der Waals surface area contributed by atoms with Crippen LogP contribution in [0.2, 0.25) is 0 Å². The van der Waals surface area contributed by atoms with Crippen LogP contribution in [0.4, 0.5) is 0 Å². The lowest BCUT2D eigenvalue weighted by Gasteiger charge is -2.43. The molecule has 29 heavy (non-hydrogen) atoms. The van der Waals surface area contributed by atoms with Crippen LogP contribution < -0.4 is 0 Å². The third-order valence-electron chi connectivity index (χ3n) is 6.82. The van der Waals surface area contributed by atoms with Gasteiger partial charge in [0.1, 0.15) is 11.5 Å². The maximum atomic E-state index is 10.3. The van der Waals surface area contributed by atoms with Gasteiger partial charge < -0.3 is 10.2 Å². The molecule has 0 heterocycles. The van der Waals surface area contributed by atoms with Crippen LogP contribution in [0.1, 0.15) is 61.8 Å². The molecule has 3 rings (SSSR count). The summed E-state index contributed by atoms with van der Waals surface area (Å²) in [5.74, 6) is 2.10. The van der Waals surface area contributed by atoms with Crippen LogP contribution in [-0.2, 0) is 18.3 Å². The predicted octanol–water partition coefficient (Wildman–Crippen LogP) is 6.69. The van der Waals surface area contributed by atoms with E-state index in [1.165, 1.54) is 24.0 Å². The zero-order valence-corrected chi connectivity index (χ0v) is 17.8. The molecule has 0 unspecified atom stereocenters. The average molecular weight is 391 g/mol. The van der Waals surface area contributed by atoms with Crippen LogP contribution in [-0.4, -0.2) is 10.2 Å². The van der Waals surface area contributed by atoms with Crippen LogP contribution in [0, 0.1) is 11.8 Å². The molecule has 2 aromatic rings. The third kappa shape index (κ3) is 4.27. The Hall–Kier alpha value is -2.48. The van der Waals surface area contributed by atoms with E-state index < -0.39 is 0 Å². The SMILES string of the molecule is C=CCc1cc(C2(c3ccc(O)c(CC=C)c3)CCC(C(C)C)CC2)ccc1O. The molecule has 0 atom stereocenters. The first-order valence-electron chi connectivity index (χ1n) is 10.8. The highest BCUT2D eigenvalue weighted by atomic mass is 16.3. The second-order valence-electron chi connectivity index (χ2n) is 8.84. The average Bonchev–Trinajstić information content (AvgIpc) is 2.71. The molecule has 0 spiro atoms. The van der Waals surface area contributed by atoms with E-state index in [4.69, 9.17) is 0 Å². The van der Waals surface area contributed by atoms with Gasteiger partial charge in [-0.05, 0) is 84.7 Å². The van der Waals surface area contributed by atoms with Crippen molar-refractivity contribution >= 4 is 0 Å². The van der Waals surface area contributed by atoms with Crippen molar-refractivity contribution in [2.45, 2.75) is 57.8 Å². The molecule has 0 saturated heterocycles. The lowest BCUT2D eigenvalue weighted by Crippen LogP contribution is -2.34. The number of hydrogen-bond donors (Lipinski definition) is 2. The summed E-state index contributed by atoms with van der Waals surface area (Å²) < 4.78 is 0. The minimum atomic E-state index is -0.0986. The standard InChI is InChI=1S/C27H34O2/c1-5-7-21-17-23(9-11-25(21)28)27(15-13-20(14-16-27)19(3)4)24-10-12-26(29)22(18-24)8-6-2/h5-6,9-12,17-20,28-29H,1-2,7-8,13-16H2,3-4H3. The first-order chi connectivity index (χ1) is 13.9. The lowest BCUT2D eigenvalue weighted by molar-refractivity contribution is 0.217. The van der Waals surface area contributed by atoms with Crippen molar-refractivity contribution in [2.75, 3.05) is 0 Å². The van der Waals surface area contributed by atoms with E-state index in [9.17, 15) is 10.2 Å². The fourth-order valence-electron chi connectivity index (χ4n) is 4.95. The highest BCUT2D eigenvalue weighted by molar-refractivity contribution is 5.49. The smallest absolute Gasteiger partial charge is 0.119 e. The number of phenolic OH excluding ortho intramolecular Hbond substituents is 2. The second kappa shape index (κ2) is 8.90. The van der Waals surface area contributed by atoms with E-state index in [1.54, 1.807) is 0 Å². The highest BCUT2D eigenvalue weighted by Crippen LogP contribution is 2.49. The summed E-state index contributed by atoms with van der Waals surface area (Å²) in [4.78, 5) is 0. The molecule has 0 aromatic heterocycles. The molecule has 0 aliphatic heterocycles. The molecule has 2 heteroatoms. The Morgan fingerprint density at radius 1 is 0.897 bits per heavy atom. The zero-order valence-electron chi connectivity index (χ0n) is 17.8. The minimum Gasteiger partial charge on any atom is -0.508 e. The molecular formula is C27H34O2. The van der Waals surface area contributed by atoms with Crippen molar-refractivity contribution in [3.63, 3.8) is 0 Å². The van der Waals surface area contributed by atoms with Gasteiger partial charge >= 0.3 is 0 Å². The number of aromatic hydroxyl groups is 2. The van der Waals surface area contributed by atoms with Crippen LogP contribution in [0.5, 0.6) is 11.5 Å². The molecule has 0 amide bonds. The number of benzene rings is 2. The molecule has 1 aliphatic rings. The van der Waals surface area contributed by atoms with Crippen molar-refractivity contribution < 1.29 is 10.2 Å². The summed E-state index contributed by atoms with van der Waals surface area (Å²) in [6.45, 7) is 12.3. The van der Waals surface area contributed by atoms with E-state index in [-0.39, 0.29) is 5.41 Å². The van der Waals surface area contributed by atoms with Gasteiger partial charge in [0, 0.05) is 5.41 Å². The topological polar surface area (TPSA) is 40.5 Å². The summed E-state index contributed by atoms with van der Waals surface area (Å²) in [6, 6.07) is 12.1. The van der Waals surface area contributed by atoms with Gasteiger partial charge in [-0.1, -0.05) is 50.3 Å². The van der Waals surface area contributed by atoms with Gasteiger partial charge in [0.2, 0.25) is 0 Å². The van der Waals surface area contributed by atoms with Crippen molar-refractivity contribution in [2.24, 2.45) is 11.8 Å². The van der Waals surface area contributed by atoms with Gasteiger partial charge in [-0.15, -0.1) is 13.2 Å². The Kier molecular flexibility index (Phi) is 6.52. The number of phenols is 2. The van der Waals surface area contributed by atoms with Crippen LogP contribution in [0.15, 0.2) is 61.7 Å². The van der Waals surface area contributed by atoms with Gasteiger partial charge in [-0.25, -0.2) is 0 Å². The monoisotopic (exact) mass is 390 g/mol. The summed E-state index contributed by atoms with van der Waals surface area (Å²) >= 11 is 0. The maximum Gasteiger partial charge on any atom is 0.119 e. The fraction of sp³-hybridized carbons (Fsp3) is 0.407. The lowest BCUT2D eigenvalue weighted by atomic mass is 9.61. The molecular weight excluding hydrogens is 356 g/mol. The Balaban J connectivity index is 2.11. The maximum absolute atomic E-state index is 10.3. The molecule has 0 bridgehead atoms. The minimum absolute atomic E-state index is 0.0986. The van der Waals surface area contributed by atoms with Crippen molar-refractivity contribution in [1.29, 1.82) is 0 Å². The molecule has 2 nitrogen and oxygen atoms in total. The number of rotatable bonds is 7. The Morgan fingerprint density at radius 3 is 1.72 bits per heavy atom. The zero-order chi connectivity index (χ0) is 21.0. The first-order valence-corrected chi connectivity index (χ1v) is 10.8. The van der Waals surface area contributed by atoms with E-state index in [2.05, 4.69) is 51.3 Å². The van der Waals surface area contributed by atoms with Gasteiger partial charge in [0.05, 0.1) is 0 Å². The summed E-state index contributed by atoms with van der Waals surface area (Å²) in [5, 5.41) is 20.6. The molecule has 1 aliphatic carbocycles.